The van der Waals surface area contributed by atoms with Crippen molar-refractivity contribution < 1.29 is 9.53 Å². The van der Waals surface area contributed by atoms with Crippen LogP contribution in [0.5, 0.6) is 5.75 Å². The van der Waals surface area contributed by atoms with Crippen LogP contribution in [0.1, 0.15) is 23.6 Å². The SMILES string of the molecule is CC(=O)Oc1cc(C)c(I)c(C)c1C. The number of carbonyl (C=O) groups excluding carboxylic acids is 1. The third-order valence-corrected chi connectivity index (χ3v) is 3.87. The van der Waals surface area contributed by atoms with Crippen LogP contribution in [0.15, 0.2) is 6.07 Å². The highest BCUT2D eigenvalue weighted by atomic mass is 127. The molecule has 1 aromatic carbocycles. The van der Waals surface area contributed by atoms with Crippen molar-refractivity contribution in [3.63, 3.8) is 0 Å². The van der Waals surface area contributed by atoms with Gasteiger partial charge in [-0.05, 0) is 66.1 Å². The summed E-state index contributed by atoms with van der Waals surface area (Å²) in [4.78, 5) is 10.8. The summed E-state index contributed by atoms with van der Waals surface area (Å²) in [6.45, 7) is 7.44. The van der Waals surface area contributed by atoms with Gasteiger partial charge in [-0.3, -0.25) is 4.79 Å². The fourth-order valence-electron chi connectivity index (χ4n) is 1.27. The molecule has 1 aromatic rings. The predicted octanol–water partition coefficient (Wildman–Crippen LogP) is 3.14. The number of rotatable bonds is 1. The van der Waals surface area contributed by atoms with E-state index in [9.17, 15) is 4.79 Å². The number of aryl methyl sites for hydroxylation is 1. The Balaban J connectivity index is 3.25. The van der Waals surface area contributed by atoms with Crippen molar-refractivity contribution >= 4 is 28.6 Å². The highest BCUT2D eigenvalue weighted by Crippen LogP contribution is 2.28. The molecule has 0 unspecified atom stereocenters. The Labute approximate surface area is 97.8 Å². The lowest BCUT2D eigenvalue weighted by atomic mass is 10.1. The highest BCUT2D eigenvalue weighted by Gasteiger charge is 2.10. The van der Waals surface area contributed by atoms with Crippen molar-refractivity contribution in [1.82, 2.24) is 0 Å². The van der Waals surface area contributed by atoms with Gasteiger partial charge in [0.2, 0.25) is 0 Å². The van der Waals surface area contributed by atoms with Crippen LogP contribution in [0.2, 0.25) is 0 Å². The number of hydrogen-bond acceptors (Lipinski definition) is 2. The van der Waals surface area contributed by atoms with E-state index < -0.39 is 0 Å². The summed E-state index contributed by atoms with van der Waals surface area (Å²) in [5, 5.41) is 0. The molecule has 0 spiro atoms. The summed E-state index contributed by atoms with van der Waals surface area (Å²) in [6.07, 6.45) is 0. The van der Waals surface area contributed by atoms with Crippen molar-refractivity contribution in [3.8, 4) is 5.75 Å². The summed E-state index contributed by atoms with van der Waals surface area (Å²) in [6, 6.07) is 1.91. The quantitative estimate of drug-likeness (QED) is 0.453. The summed E-state index contributed by atoms with van der Waals surface area (Å²) in [7, 11) is 0. The number of carbonyl (C=O) groups is 1. The predicted molar refractivity (Wildman–Crippen MR) is 64.7 cm³/mol. The molecule has 3 heteroatoms. The normalized spacial score (nSPS) is 10.1. The fourth-order valence-corrected chi connectivity index (χ4v) is 1.83. The van der Waals surface area contributed by atoms with E-state index in [-0.39, 0.29) is 5.97 Å². The average Bonchev–Trinajstić information content (AvgIpc) is 2.10. The monoisotopic (exact) mass is 304 g/mol. The smallest absolute Gasteiger partial charge is 0.308 e. The van der Waals surface area contributed by atoms with Gasteiger partial charge in [-0.2, -0.15) is 0 Å². The van der Waals surface area contributed by atoms with Gasteiger partial charge in [0.25, 0.3) is 0 Å². The Morgan fingerprint density at radius 2 is 1.86 bits per heavy atom. The standard InChI is InChI=1S/C11H13IO2/c1-6-5-10(14-9(4)13)7(2)8(3)11(6)12/h5H,1-4H3. The molecule has 0 saturated carbocycles. The van der Waals surface area contributed by atoms with Crippen molar-refractivity contribution in [3.05, 3.63) is 26.3 Å². The van der Waals surface area contributed by atoms with Crippen LogP contribution in [-0.4, -0.2) is 5.97 Å². The van der Waals surface area contributed by atoms with Crippen molar-refractivity contribution in [1.29, 1.82) is 0 Å². The van der Waals surface area contributed by atoms with Crippen molar-refractivity contribution in [2.24, 2.45) is 0 Å². The zero-order valence-electron chi connectivity index (χ0n) is 8.77. The van der Waals surface area contributed by atoms with E-state index in [0.29, 0.717) is 5.75 Å². The maximum Gasteiger partial charge on any atom is 0.308 e. The minimum Gasteiger partial charge on any atom is -0.426 e. The molecule has 0 radical (unpaired) electrons. The molecule has 0 amide bonds. The first kappa shape index (κ1) is 11.5. The van der Waals surface area contributed by atoms with E-state index in [1.165, 1.54) is 16.1 Å². The molecular formula is C11H13IO2. The molecule has 2 nitrogen and oxygen atoms in total. The van der Waals surface area contributed by atoms with E-state index in [4.69, 9.17) is 4.74 Å². The average molecular weight is 304 g/mol. The van der Waals surface area contributed by atoms with E-state index in [2.05, 4.69) is 22.6 Å². The first-order valence-electron chi connectivity index (χ1n) is 4.38. The molecule has 1 rings (SSSR count). The number of hydrogen-bond donors (Lipinski definition) is 0. The second kappa shape index (κ2) is 4.29. The molecule has 0 aliphatic heterocycles. The number of benzene rings is 1. The van der Waals surface area contributed by atoms with Gasteiger partial charge < -0.3 is 4.74 Å². The van der Waals surface area contributed by atoms with Gasteiger partial charge in [-0.1, -0.05) is 0 Å². The van der Waals surface area contributed by atoms with Crippen LogP contribution in [0.25, 0.3) is 0 Å². The molecule has 0 aliphatic rings. The summed E-state index contributed by atoms with van der Waals surface area (Å²) < 4.78 is 6.35. The largest absolute Gasteiger partial charge is 0.426 e. The molecule has 14 heavy (non-hydrogen) atoms. The molecule has 0 atom stereocenters. The highest BCUT2D eigenvalue weighted by molar-refractivity contribution is 14.1. The van der Waals surface area contributed by atoms with Gasteiger partial charge in [-0.25, -0.2) is 0 Å². The number of esters is 1. The Kier molecular flexibility index (Phi) is 3.53. The zero-order chi connectivity index (χ0) is 10.9. The van der Waals surface area contributed by atoms with E-state index >= 15 is 0 Å². The molecule has 0 fully saturated rings. The molecular weight excluding hydrogens is 291 g/mol. The lowest BCUT2D eigenvalue weighted by Crippen LogP contribution is -2.05. The first-order chi connectivity index (χ1) is 6.43. The minimum atomic E-state index is -0.270. The second-order valence-corrected chi connectivity index (χ2v) is 4.43. The van der Waals surface area contributed by atoms with Crippen LogP contribution in [-0.2, 0) is 4.79 Å². The fraction of sp³-hybridized carbons (Fsp3) is 0.364. The zero-order valence-corrected chi connectivity index (χ0v) is 10.9. The van der Waals surface area contributed by atoms with E-state index in [0.717, 1.165) is 11.1 Å². The van der Waals surface area contributed by atoms with E-state index in [1.54, 1.807) is 0 Å². The third-order valence-electron chi connectivity index (χ3n) is 2.21. The summed E-state index contributed by atoms with van der Waals surface area (Å²) in [5.74, 6) is 0.404. The minimum absolute atomic E-state index is 0.270. The molecule has 0 N–H and O–H groups in total. The first-order valence-corrected chi connectivity index (χ1v) is 5.46. The van der Waals surface area contributed by atoms with Crippen molar-refractivity contribution in [2.75, 3.05) is 0 Å². The maximum atomic E-state index is 10.8. The molecule has 0 aromatic heterocycles. The van der Waals surface area contributed by atoms with Crippen LogP contribution in [0, 0.1) is 24.3 Å². The number of ether oxygens (including phenoxy) is 1. The third kappa shape index (κ3) is 2.26. The second-order valence-electron chi connectivity index (χ2n) is 3.35. The van der Waals surface area contributed by atoms with Crippen LogP contribution in [0.3, 0.4) is 0 Å². The molecule has 76 valence electrons. The lowest BCUT2D eigenvalue weighted by molar-refractivity contribution is -0.131. The van der Waals surface area contributed by atoms with Gasteiger partial charge in [0.1, 0.15) is 5.75 Å². The van der Waals surface area contributed by atoms with Gasteiger partial charge in [-0.15, -0.1) is 0 Å². The van der Waals surface area contributed by atoms with Gasteiger partial charge in [0, 0.05) is 10.5 Å². The van der Waals surface area contributed by atoms with Crippen LogP contribution >= 0.6 is 22.6 Å². The van der Waals surface area contributed by atoms with Gasteiger partial charge in [0.05, 0.1) is 0 Å². The van der Waals surface area contributed by atoms with Gasteiger partial charge in [0.15, 0.2) is 0 Å². The molecule has 0 aliphatic carbocycles. The van der Waals surface area contributed by atoms with Crippen molar-refractivity contribution in [2.45, 2.75) is 27.7 Å². The van der Waals surface area contributed by atoms with E-state index in [1.807, 2.05) is 26.8 Å². The maximum absolute atomic E-state index is 10.8. The molecule has 0 saturated heterocycles. The lowest BCUT2D eigenvalue weighted by Gasteiger charge is -2.12. The van der Waals surface area contributed by atoms with Gasteiger partial charge >= 0.3 is 5.97 Å². The topological polar surface area (TPSA) is 26.3 Å². The Hall–Kier alpha value is -0.580. The molecule has 0 heterocycles. The summed E-state index contributed by atoms with van der Waals surface area (Å²) in [5.41, 5.74) is 3.36. The Morgan fingerprint density at radius 1 is 1.29 bits per heavy atom. The number of halogens is 1. The Bertz CT molecular complexity index is 383. The van der Waals surface area contributed by atoms with Crippen LogP contribution in [0.4, 0.5) is 0 Å². The Morgan fingerprint density at radius 3 is 2.36 bits per heavy atom. The van der Waals surface area contributed by atoms with Crippen LogP contribution < -0.4 is 4.74 Å². The molecule has 0 bridgehead atoms. The summed E-state index contributed by atoms with van der Waals surface area (Å²) >= 11 is 2.30.